The number of halogens is 1. The first kappa shape index (κ1) is 19.3. The molecule has 1 N–H and O–H groups in total. The zero-order valence-corrected chi connectivity index (χ0v) is 17.3. The number of rotatable bonds is 4. The van der Waals surface area contributed by atoms with Crippen molar-refractivity contribution in [3.8, 4) is 0 Å². The van der Waals surface area contributed by atoms with Gasteiger partial charge in [0.25, 0.3) is 0 Å². The number of benzene rings is 2. The Morgan fingerprint density at radius 2 is 1.75 bits per heavy atom. The number of hydrogen-bond donors (Lipinski definition) is 1. The van der Waals surface area contributed by atoms with Gasteiger partial charge in [0.15, 0.2) is 0 Å². The highest BCUT2D eigenvalue weighted by atomic mass is 35.5. The van der Waals surface area contributed by atoms with E-state index in [1.807, 2.05) is 43.3 Å². The quantitative estimate of drug-likeness (QED) is 0.664. The van der Waals surface area contributed by atoms with E-state index in [0.29, 0.717) is 23.1 Å². The average molecular weight is 417 g/mol. The maximum absolute atomic E-state index is 12.8. The zero-order chi connectivity index (χ0) is 19.7. The SMILES string of the molecule is Cc1ccc(S(=O)(=O)N2CC[NH+](Cc3cc4ccccc4nc3Cl)CC2)cc1. The third-order valence-electron chi connectivity index (χ3n) is 5.28. The predicted octanol–water partition coefficient (Wildman–Crippen LogP) is 2.29. The zero-order valence-electron chi connectivity index (χ0n) is 15.7. The van der Waals surface area contributed by atoms with Crippen molar-refractivity contribution in [2.75, 3.05) is 26.2 Å². The van der Waals surface area contributed by atoms with Crippen molar-refractivity contribution in [3.05, 3.63) is 70.9 Å². The number of pyridine rings is 1. The number of quaternary nitrogens is 1. The monoisotopic (exact) mass is 416 g/mol. The van der Waals surface area contributed by atoms with Gasteiger partial charge in [-0.25, -0.2) is 13.4 Å². The molecule has 0 amide bonds. The molecule has 1 fully saturated rings. The third kappa shape index (κ3) is 3.91. The van der Waals surface area contributed by atoms with Gasteiger partial charge in [0, 0.05) is 10.9 Å². The second-order valence-electron chi connectivity index (χ2n) is 7.27. The summed E-state index contributed by atoms with van der Waals surface area (Å²) in [6, 6.07) is 17.1. The number of aryl methyl sites for hydroxylation is 1. The molecule has 146 valence electrons. The number of piperazine rings is 1. The van der Waals surface area contributed by atoms with E-state index >= 15 is 0 Å². The standard InChI is InChI=1S/C21H22ClN3O2S/c1-16-6-8-19(9-7-16)28(26,27)25-12-10-24(11-13-25)15-18-14-17-4-2-3-5-20(17)23-21(18)22/h2-9,14H,10-13,15H2,1H3/p+1. The van der Waals surface area contributed by atoms with E-state index < -0.39 is 10.0 Å². The molecule has 0 unspecified atom stereocenters. The summed E-state index contributed by atoms with van der Waals surface area (Å²) >= 11 is 6.39. The lowest BCUT2D eigenvalue weighted by atomic mass is 10.1. The molecule has 3 aromatic rings. The molecule has 5 nitrogen and oxygen atoms in total. The van der Waals surface area contributed by atoms with Crippen molar-refractivity contribution in [1.82, 2.24) is 9.29 Å². The van der Waals surface area contributed by atoms with E-state index in [1.54, 1.807) is 16.4 Å². The summed E-state index contributed by atoms with van der Waals surface area (Å²) in [4.78, 5) is 6.17. The summed E-state index contributed by atoms with van der Waals surface area (Å²) in [6.07, 6.45) is 0. The Kier molecular flexibility index (Phi) is 5.38. The van der Waals surface area contributed by atoms with Gasteiger partial charge in [0.05, 0.1) is 36.6 Å². The van der Waals surface area contributed by atoms with E-state index in [9.17, 15) is 8.42 Å². The smallest absolute Gasteiger partial charge is 0.243 e. The molecule has 1 saturated heterocycles. The average Bonchev–Trinajstić information content (AvgIpc) is 2.69. The number of fused-ring (bicyclic) bond motifs is 1. The van der Waals surface area contributed by atoms with E-state index in [-0.39, 0.29) is 0 Å². The van der Waals surface area contributed by atoms with Gasteiger partial charge in [0.1, 0.15) is 11.7 Å². The Balaban J connectivity index is 1.44. The van der Waals surface area contributed by atoms with Crippen LogP contribution in [0.2, 0.25) is 5.15 Å². The number of nitrogens with one attached hydrogen (secondary N) is 1. The van der Waals surface area contributed by atoms with Crippen LogP contribution in [0, 0.1) is 6.92 Å². The number of aromatic nitrogens is 1. The molecule has 0 saturated carbocycles. The Hall–Kier alpha value is -1.99. The molecular formula is C21H23ClN3O2S+. The van der Waals surface area contributed by atoms with E-state index in [1.165, 1.54) is 4.90 Å². The second kappa shape index (κ2) is 7.79. The van der Waals surface area contributed by atoms with Gasteiger partial charge >= 0.3 is 0 Å². The minimum absolute atomic E-state index is 0.364. The molecular weight excluding hydrogens is 394 g/mol. The molecule has 0 aliphatic carbocycles. The minimum Gasteiger partial charge on any atom is -0.329 e. The van der Waals surface area contributed by atoms with Crippen LogP contribution in [0.25, 0.3) is 10.9 Å². The van der Waals surface area contributed by atoms with Crippen molar-refractivity contribution < 1.29 is 13.3 Å². The summed E-state index contributed by atoms with van der Waals surface area (Å²) < 4.78 is 27.3. The molecule has 2 aromatic carbocycles. The predicted molar refractivity (Wildman–Crippen MR) is 111 cm³/mol. The van der Waals surface area contributed by atoms with Crippen LogP contribution < -0.4 is 4.90 Å². The van der Waals surface area contributed by atoms with E-state index in [4.69, 9.17) is 11.6 Å². The van der Waals surface area contributed by atoms with Gasteiger partial charge < -0.3 is 4.90 Å². The highest BCUT2D eigenvalue weighted by Crippen LogP contribution is 2.20. The first-order valence-corrected chi connectivity index (χ1v) is 11.2. The molecule has 1 aliphatic rings. The fourth-order valence-corrected chi connectivity index (χ4v) is 5.26. The summed E-state index contributed by atoms with van der Waals surface area (Å²) in [7, 11) is -3.43. The topological polar surface area (TPSA) is 54.7 Å². The van der Waals surface area contributed by atoms with Crippen LogP contribution in [0.4, 0.5) is 0 Å². The van der Waals surface area contributed by atoms with E-state index in [0.717, 1.165) is 41.7 Å². The molecule has 4 rings (SSSR count). The number of hydrogen-bond acceptors (Lipinski definition) is 3. The van der Waals surface area contributed by atoms with Crippen molar-refractivity contribution >= 4 is 32.5 Å². The largest absolute Gasteiger partial charge is 0.329 e. The summed E-state index contributed by atoms with van der Waals surface area (Å²) in [5, 5.41) is 1.60. The second-order valence-corrected chi connectivity index (χ2v) is 9.57. The molecule has 0 spiro atoms. The van der Waals surface area contributed by atoms with Crippen molar-refractivity contribution in [1.29, 1.82) is 0 Å². The fraction of sp³-hybridized carbons (Fsp3) is 0.286. The maximum atomic E-state index is 12.8. The van der Waals surface area contributed by atoms with Crippen LogP contribution in [0.3, 0.4) is 0 Å². The number of para-hydroxylation sites is 1. The molecule has 0 atom stereocenters. The van der Waals surface area contributed by atoms with Crippen LogP contribution in [-0.4, -0.2) is 43.9 Å². The maximum Gasteiger partial charge on any atom is 0.243 e. The van der Waals surface area contributed by atoms with Crippen LogP contribution in [-0.2, 0) is 16.6 Å². The van der Waals surface area contributed by atoms with Gasteiger partial charge in [0.2, 0.25) is 10.0 Å². The highest BCUT2D eigenvalue weighted by Gasteiger charge is 2.30. The van der Waals surface area contributed by atoms with Crippen molar-refractivity contribution in [2.45, 2.75) is 18.4 Å². The van der Waals surface area contributed by atoms with Crippen molar-refractivity contribution in [3.63, 3.8) is 0 Å². The Bertz CT molecular complexity index is 1090. The van der Waals surface area contributed by atoms with Gasteiger partial charge in [-0.05, 0) is 31.2 Å². The van der Waals surface area contributed by atoms with Gasteiger partial charge in [-0.3, -0.25) is 0 Å². The molecule has 1 aromatic heterocycles. The summed E-state index contributed by atoms with van der Waals surface area (Å²) in [5.74, 6) is 0. The summed E-state index contributed by atoms with van der Waals surface area (Å²) in [5.41, 5.74) is 2.94. The minimum atomic E-state index is -3.43. The van der Waals surface area contributed by atoms with E-state index in [2.05, 4.69) is 11.1 Å². The third-order valence-corrected chi connectivity index (χ3v) is 7.52. The summed E-state index contributed by atoms with van der Waals surface area (Å²) in [6.45, 7) is 5.19. The first-order chi connectivity index (χ1) is 13.4. The first-order valence-electron chi connectivity index (χ1n) is 9.38. The lowest BCUT2D eigenvalue weighted by Gasteiger charge is -2.31. The Morgan fingerprint density at radius 1 is 1.07 bits per heavy atom. The molecule has 7 heteroatoms. The van der Waals surface area contributed by atoms with Crippen LogP contribution in [0.15, 0.2) is 59.5 Å². The van der Waals surface area contributed by atoms with Crippen LogP contribution >= 0.6 is 11.6 Å². The fourth-order valence-electron chi connectivity index (χ4n) is 3.61. The number of sulfonamides is 1. The van der Waals surface area contributed by atoms with Gasteiger partial charge in [-0.15, -0.1) is 0 Å². The normalized spacial score (nSPS) is 16.5. The highest BCUT2D eigenvalue weighted by molar-refractivity contribution is 7.89. The van der Waals surface area contributed by atoms with Crippen LogP contribution in [0.1, 0.15) is 11.1 Å². The van der Waals surface area contributed by atoms with Gasteiger partial charge in [-0.2, -0.15) is 4.31 Å². The lowest BCUT2D eigenvalue weighted by Crippen LogP contribution is -3.13. The molecule has 28 heavy (non-hydrogen) atoms. The molecule has 1 aliphatic heterocycles. The molecule has 0 bridgehead atoms. The van der Waals surface area contributed by atoms with Crippen molar-refractivity contribution in [2.24, 2.45) is 0 Å². The molecule has 0 radical (unpaired) electrons. The number of nitrogens with zero attached hydrogens (tertiary/aromatic N) is 2. The molecule has 2 heterocycles. The Morgan fingerprint density at radius 3 is 2.46 bits per heavy atom. The van der Waals surface area contributed by atoms with Crippen LogP contribution in [0.5, 0.6) is 0 Å². The lowest BCUT2D eigenvalue weighted by molar-refractivity contribution is -0.917. The van der Waals surface area contributed by atoms with Gasteiger partial charge in [-0.1, -0.05) is 47.5 Å². The Labute approximate surface area is 170 Å².